The van der Waals surface area contributed by atoms with E-state index in [1.165, 1.54) is 43.5 Å². The number of halogens is 1. The van der Waals surface area contributed by atoms with Gasteiger partial charge in [-0.3, -0.25) is 4.79 Å². The highest BCUT2D eigenvalue weighted by Gasteiger charge is 2.43. The average molecular weight is 352 g/mol. The van der Waals surface area contributed by atoms with Gasteiger partial charge in [0, 0.05) is 30.4 Å². The van der Waals surface area contributed by atoms with Crippen molar-refractivity contribution in [3.05, 3.63) is 59.9 Å². The van der Waals surface area contributed by atoms with E-state index in [0.29, 0.717) is 0 Å². The molecule has 0 bridgehead atoms. The number of nitrogens with zero attached hydrogens (tertiary/aromatic N) is 1. The van der Waals surface area contributed by atoms with Crippen LogP contribution in [0.5, 0.6) is 0 Å². The summed E-state index contributed by atoms with van der Waals surface area (Å²) in [6.07, 6.45) is 5.99. The SMILES string of the molecule is O=C(Nc1ccc(N2CCCCCC2)cc1)[C@@H]1C[C@H]1c1ccc(F)cc1. The molecular weight excluding hydrogens is 327 g/mol. The summed E-state index contributed by atoms with van der Waals surface area (Å²) in [4.78, 5) is 14.9. The number of benzene rings is 2. The maximum atomic E-state index is 13.0. The molecule has 1 aliphatic heterocycles. The molecule has 26 heavy (non-hydrogen) atoms. The number of carbonyl (C=O) groups excluding carboxylic acids is 1. The molecule has 2 aliphatic rings. The molecule has 2 atom stereocenters. The lowest BCUT2D eigenvalue weighted by Crippen LogP contribution is -2.23. The minimum Gasteiger partial charge on any atom is -0.372 e. The zero-order chi connectivity index (χ0) is 17.9. The van der Waals surface area contributed by atoms with Gasteiger partial charge < -0.3 is 10.2 Å². The van der Waals surface area contributed by atoms with Crippen molar-refractivity contribution in [1.29, 1.82) is 0 Å². The zero-order valence-corrected chi connectivity index (χ0v) is 15.0. The van der Waals surface area contributed by atoms with Crippen LogP contribution in [0.2, 0.25) is 0 Å². The molecule has 4 rings (SSSR count). The van der Waals surface area contributed by atoms with Gasteiger partial charge in [0.2, 0.25) is 5.91 Å². The molecular formula is C22H25FN2O. The number of nitrogens with one attached hydrogen (secondary N) is 1. The lowest BCUT2D eigenvalue weighted by molar-refractivity contribution is -0.117. The molecule has 1 N–H and O–H groups in total. The molecule has 0 aromatic heterocycles. The minimum atomic E-state index is -0.236. The van der Waals surface area contributed by atoms with Crippen LogP contribution >= 0.6 is 0 Å². The first-order chi connectivity index (χ1) is 12.7. The van der Waals surface area contributed by atoms with Gasteiger partial charge in [0.15, 0.2) is 0 Å². The normalized spacial score (nSPS) is 22.6. The monoisotopic (exact) mass is 352 g/mol. The van der Waals surface area contributed by atoms with Crippen molar-refractivity contribution in [2.24, 2.45) is 5.92 Å². The highest BCUT2D eigenvalue weighted by molar-refractivity contribution is 5.95. The second-order valence-electron chi connectivity index (χ2n) is 7.44. The fourth-order valence-electron chi connectivity index (χ4n) is 3.88. The molecule has 0 radical (unpaired) electrons. The van der Waals surface area contributed by atoms with E-state index < -0.39 is 0 Å². The highest BCUT2D eigenvalue weighted by Crippen LogP contribution is 2.48. The van der Waals surface area contributed by atoms with Gasteiger partial charge in [-0.05, 0) is 67.1 Å². The molecule has 2 aromatic carbocycles. The van der Waals surface area contributed by atoms with Gasteiger partial charge in [-0.15, -0.1) is 0 Å². The Morgan fingerprint density at radius 2 is 1.58 bits per heavy atom. The Labute approximate surface area is 154 Å². The number of anilines is 2. The van der Waals surface area contributed by atoms with E-state index in [1.54, 1.807) is 12.1 Å². The largest absolute Gasteiger partial charge is 0.372 e. The van der Waals surface area contributed by atoms with Crippen LogP contribution in [-0.2, 0) is 4.79 Å². The van der Waals surface area contributed by atoms with Crippen LogP contribution in [-0.4, -0.2) is 19.0 Å². The standard InChI is InChI=1S/C22H25FN2O/c23-17-7-5-16(6-8-17)20-15-21(20)22(26)24-18-9-11-19(12-10-18)25-13-3-1-2-4-14-25/h5-12,20-21H,1-4,13-15H2,(H,24,26)/t20-,21+/m0/s1. The summed E-state index contributed by atoms with van der Waals surface area (Å²) in [5.41, 5.74) is 3.13. The molecule has 1 amide bonds. The minimum absolute atomic E-state index is 0.00857. The van der Waals surface area contributed by atoms with Gasteiger partial charge in [-0.25, -0.2) is 4.39 Å². The fourth-order valence-corrected chi connectivity index (χ4v) is 3.88. The number of carbonyl (C=O) groups is 1. The van der Waals surface area contributed by atoms with Crippen molar-refractivity contribution >= 4 is 17.3 Å². The van der Waals surface area contributed by atoms with Gasteiger partial charge in [0.25, 0.3) is 0 Å². The van der Waals surface area contributed by atoms with E-state index in [-0.39, 0.29) is 23.6 Å². The predicted octanol–water partition coefficient (Wildman–Crippen LogP) is 4.95. The lowest BCUT2D eigenvalue weighted by atomic mass is 10.1. The van der Waals surface area contributed by atoms with E-state index in [1.807, 2.05) is 12.1 Å². The Bertz CT molecular complexity index is 749. The summed E-state index contributed by atoms with van der Waals surface area (Å²) in [7, 11) is 0. The van der Waals surface area contributed by atoms with Gasteiger partial charge in [0.05, 0.1) is 0 Å². The summed E-state index contributed by atoms with van der Waals surface area (Å²) in [5, 5.41) is 3.03. The molecule has 0 unspecified atom stereocenters. The highest BCUT2D eigenvalue weighted by atomic mass is 19.1. The average Bonchev–Trinajstić information content (AvgIpc) is 3.47. The van der Waals surface area contributed by atoms with Crippen molar-refractivity contribution in [3.8, 4) is 0 Å². The molecule has 1 heterocycles. The molecule has 3 nitrogen and oxygen atoms in total. The van der Waals surface area contributed by atoms with E-state index >= 15 is 0 Å². The Morgan fingerprint density at radius 1 is 0.923 bits per heavy atom. The second-order valence-corrected chi connectivity index (χ2v) is 7.44. The molecule has 2 fully saturated rings. The quantitative estimate of drug-likeness (QED) is 0.844. The third kappa shape index (κ3) is 3.90. The zero-order valence-electron chi connectivity index (χ0n) is 15.0. The van der Waals surface area contributed by atoms with Crippen LogP contribution in [0.25, 0.3) is 0 Å². The Balaban J connectivity index is 1.34. The number of amides is 1. The van der Waals surface area contributed by atoms with Crippen molar-refractivity contribution in [2.75, 3.05) is 23.3 Å². The second kappa shape index (κ2) is 7.48. The first kappa shape index (κ1) is 17.1. The maximum absolute atomic E-state index is 13.0. The van der Waals surface area contributed by atoms with Gasteiger partial charge >= 0.3 is 0 Å². The first-order valence-corrected chi connectivity index (χ1v) is 9.62. The molecule has 1 aliphatic carbocycles. The summed E-state index contributed by atoms with van der Waals surface area (Å²) < 4.78 is 13.0. The smallest absolute Gasteiger partial charge is 0.228 e. The van der Waals surface area contributed by atoms with Crippen molar-refractivity contribution in [3.63, 3.8) is 0 Å². The molecule has 4 heteroatoms. The third-order valence-electron chi connectivity index (χ3n) is 5.53. The van der Waals surface area contributed by atoms with Crippen molar-refractivity contribution in [1.82, 2.24) is 0 Å². The molecule has 1 saturated carbocycles. The van der Waals surface area contributed by atoms with Crippen LogP contribution in [0, 0.1) is 11.7 Å². The Hall–Kier alpha value is -2.36. The number of hydrogen-bond acceptors (Lipinski definition) is 2. The fraction of sp³-hybridized carbons (Fsp3) is 0.409. The van der Waals surface area contributed by atoms with Crippen LogP contribution in [0.4, 0.5) is 15.8 Å². The van der Waals surface area contributed by atoms with Crippen molar-refractivity contribution in [2.45, 2.75) is 38.0 Å². The number of hydrogen-bond donors (Lipinski definition) is 1. The summed E-state index contributed by atoms with van der Waals surface area (Å²) in [5.74, 6) is 0.0273. The van der Waals surface area contributed by atoms with Crippen LogP contribution in [0.15, 0.2) is 48.5 Å². The Morgan fingerprint density at radius 3 is 2.23 bits per heavy atom. The van der Waals surface area contributed by atoms with E-state index in [0.717, 1.165) is 30.8 Å². The van der Waals surface area contributed by atoms with Gasteiger partial charge in [-0.2, -0.15) is 0 Å². The lowest BCUT2D eigenvalue weighted by Gasteiger charge is -2.22. The number of rotatable bonds is 4. The Kier molecular flexibility index (Phi) is 4.91. The first-order valence-electron chi connectivity index (χ1n) is 9.62. The third-order valence-corrected chi connectivity index (χ3v) is 5.53. The van der Waals surface area contributed by atoms with E-state index in [4.69, 9.17) is 0 Å². The van der Waals surface area contributed by atoms with Gasteiger partial charge in [0.1, 0.15) is 5.82 Å². The summed E-state index contributed by atoms with van der Waals surface area (Å²) in [6, 6.07) is 14.7. The van der Waals surface area contributed by atoms with E-state index in [2.05, 4.69) is 22.3 Å². The van der Waals surface area contributed by atoms with Crippen LogP contribution in [0.1, 0.15) is 43.6 Å². The topological polar surface area (TPSA) is 32.3 Å². The summed E-state index contributed by atoms with van der Waals surface area (Å²) >= 11 is 0. The molecule has 2 aromatic rings. The van der Waals surface area contributed by atoms with Crippen LogP contribution < -0.4 is 10.2 Å². The molecule has 136 valence electrons. The van der Waals surface area contributed by atoms with Gasteiger partial charge in [-0.1, -0.05) is 25.0 Å². The van der Waals surface area contributed by atoms with Crippen LogP contribution in [0.3, 0.4) is 0 Å². The summed E-state index contributed by atoms with van der Waals surface area (Å²) in [6.45, 7) is 2.24. The van der Waals surface area contributed by atoms with E-state index in [9.17, 15) is 9.18 Å². The predicted molar refractivity (Wildman–Crippen MR) is 103 cm³/mol. The maximum Gasteiger partial charge on any atom is 0.228 e. The molecule has 1 saturated heterocycles. The van der Waals surface area contributed by atoms with Crippen molar-refractivity contribution < 1.29 is 9.18 Å². The molecule has 0 spiro atoms.